The van der Waals surface area contributed by atoms with Crippen LogP contribution < -0.4 is 9.47 Å². The first-order chi connectivity index (χ1) is 33.9. The van der Waals surface area contributed by atoms with Gasteiger partial charge in [-0.3, -0.25) is 9.59 Å². The molecule has 3 heterocycles. The van der Waals surface area contributed by atoms with Gasteiger partial charge in [0.15, 0.2) is 11.6 Å². The van der Waals surface area contributed by atoms with Gasteiger partial charge in [0.1, 0.15) is 78.6 Å². The molecular weight excluding hydrogens is 1610 g/mol. The number of ether oxygens (including phenoxy) is 5. The Bertz CT molecular complexity index is 2140. The maximum absolute atomic E-state index is 13.1. The Morgan fingerprint density at radius 1 is 0.592 bits per heavy atom. The molecule has 4 fully saturated rings. The summed E-state index contributed by atoms with van der Waals surface area (Å²) in [5.74, 6) is 0.707. The van der Waals surface area contributed by atoms with Crippen molar-refractivity contribution in [2.24, 2.45) is 0 Å². The number of halogens is 7. The predicted molar refractivity (Wildman–Crippen MR) is 301 cm³/mol. The van der Waals surface area contributed by atoms with E-state index in [1.807, 2.05) is 0 Å². The molecular formula is C47H52Cl2I5O15V2. The van der Waals surface area contributed by atoms with E-state index in [0.29, 0.717) is 50.7 Å². The van der Waals surface area contributed by atoms with Crippen molar-refractivity contribution in [1.82, 2.24) is 0 Å². The van der Waals surface area contributed by atoms with Crippen molar-refractivity contribution in [2.75, 3.05) is 26.4 Å². The van der Waals surface area contributed by atoms with E-state index >= 15 is 0 Å². The monoisotopic (exact) mass is 1660 g/mol. The molecule has 11 atom stereocenters. The summed E-state index contributed by atoms with van der Waals surface area (Å²) in [5, 5.41) is 80.1. The summed E-state index contributed by atoms with van der Waals surface area (Å²) < 4.78 is 28.2. The van der Waals surface area contributed by atoms with Gasteiger partial charge >= 0.3 is 114 Å². The van der Waals surface area contributed by atoms with Gasteiger partial charge in [0.2, 0.25) is 0 Å². The van der Waals surface area contributed by atoms with Gasteiger partial charge in [0.25, 0.3) is 0 Å². The van der Waals surface area contributed by atoms with Crippen molar-refractivity contribution in [3.63, 3.8) is 0 Å². The quantitative estimate of drug-likeness (QED) is 0.0494. The molecule has 8 N–H and O–H groups in total. The van der Waals surface area contributed by atoms with Crippen molar-refractivity contribution in [2.45, 2.75) is 105 Å². The molecule has 4 aliphatic rings. The van der Waals surface area contributed by atoms with Crippen LogP contribution in [-0.4, -0.2) is 140 Å². The second-order valence-corrected chi connectivity index (χ2v) is 64.5. The third-order valence-electron chi connectivity index (χ3n) is 11.9. The van der Waals surface area contributed by atoms with Gasteiger partial charge in [-0.2, -0.15) is 0 Å². The van der Waals surface area contributed by atoms with Crippen LogP contribution in [0.1, 0.15) is 87.3 Å². The third kappa shape index (κ3) is 17.9. The van der Waals surface area contributed by atoms with Crippen LogP contribution in [0.25, 0.3) is 0 Å². The van der Waals surface area contributed by atoms with E-state index in [1.165, 1.54) is 37.1 Å². The Kier molecular flexibility index (Phi) is 27.7. The van der Waals surface area contributed by atoms with E-state index in [2.05, 4.69) is 99.9 Å². The predicted octanol–water partition coefficient (Wildman–Crippen LogP) is 8.08. The first-order valence-electron chi connectivity index (χ1n) is 22.0. The fourth-order valence-corrected chi connectivity index (χ4v) is 8.63. The van der Waals surface area contributed by atoms with Crippen LogP contribution in [0.4, 0.5) is 0 Å². The van der Waals surface area contributed by atoms with E-state index in [9.17, 15) is 50.4 Å². The summed E-state index contributed by atoms with van der Waals surface area (Å²) in [7, 11) is 0.628. The zero-order valence-corrected chi connectivity index (χ0v) is 52.4. The van der Waals surface area contributed by atoms with Gasteiger partial charge in [0.05, 0.1) is 42.6 Å². The second kappa shape index (κ2) is 31.4. The maximum atomic E-state index is 13.1. The molecule has 71 heavy (non-hydrogen) atoms. The zero-order valence-electron chi connectivity index (χ0n) is 37.4. The normalized spacial score (nSPS) is 27.2. The molecule has 0 amide bonds. The molecule has 1 saturated carbocycles. The van der Waals surface area contributed by atoms with Crippen LogP contribution in [0.15, 0.2) is 84.9 Å². The Morgan fingerprint density at radius 3 is 1.32 bits per heavy atom. The van der Waals surface area contributed by atoms with Crippen LogP contribution in [0, 0.1) is 0 Å². The van der Waals surface area contributed by atoms with E-state index in [4.69, 9.17) is 46.9 Å². The number of hydrogen-bond donors (Lipinski definition) is 8. The summed E-state index contributed by atoms with van der Waals surface area (Å²) >= 11 is 24.7. The molecule has 1 aliphatic carbocycles. The molecule has 8 rings (SSSR count). The Balaban J connectivity index is 0.000000234. The van der Waals surface area contributed by atoms with Crippen LogP contribution in [0.5, 0.6) is 11.5 Å². The van der Waals surface area contributed by atoms with Crippen LogP contribution in [0.3, 0.4) is 0 Å². The minimum absolute atomic E-state index is 0.00112. The number of carbonyl (C=O) groups excluding carboxylic acids is 2. The molecule has 4 aromatic rings. The summed E-state index contributed by atoms with van der Waals surface area (Å²) in [4.78, 5) is 25.9. The molecule has 0 aromatic heterocycles. The number of aliphatic hydroxyl groups is 8. The number of ketones is 2. The second-order valence-electron chi connectivity index (χ2n) is 16.6. The topological polar surface area (TPSA) is 242 Å². The molecule has 0 unspecified atom stereocenters. The third-order valence-corrected chi connectivity index (χ3v) is 12.6. The van der Waals surface area contributed by atoms with E-state index < -0.39 is 74.3 Å². The molecule has 0 bridgehead atoms. The Hall–Kier alpha value is 0.779. The molecule has 3 aliphatic heterocycles. The van der Waals surface area contributed by atoms with Gasteiger partial charge in [0, 0.05) is 28.7 Å². The van der Waals surface area contributed by atoms with Gasteiger partial charge < -0.3 is 64.5 Å². The van der Waals surface area contributed by atoms with Crippen molar-refractivity contribution < 1.29 is 88.5 Å². The van der Waals surface area contributed by atoms with Crippen LogP contribution in [-0.2, 0) is 28.6 Å². The van der Waals surface area contributed by atoms with Crippen molar-refractivity contribution in [3.05, 3.63) is 128 Å². The summed E-state index contributed by atoms with van der Waals surface area (Å²) in [6, 6.07) is 22.7. The van der Waals surface area contributed by atoms with Crippen molar-refractivity contribution in [1.29, 1.82) is 0 Å². The first kappa shape index (κ1) is 62.6. The molecule has 389 valence electrons. The van der Waals surface area contributed by atoms with Crippen LogP contribution in [0.2, 0.25) is 10.0 Å². The standard InChI is InChI=1S/C24H27ClO7.C23H25ClO8.5HI.2V/c25-18-10-7-14(24-23(30)22(29)21(28)19(12-26)32-24)11-17(18)20(27)13-5-8-16(9-6-13)31-15-3-1-2-4-15;24-17-6-3-13(23-22(29)21(28)20(27)18(10-25)32-23)9-16(17)19(26)12-1-4-14(5-2-12)31-15-7-8-30-11-15;;;;;;;/h5-11,15,19,21-24,26,28-30H,1-4,12H2;1-6,9,15,18,20-23,25,27-29H,7-8,10-11H2;5*1H;;/q;;;;;;;+2;+3/p-5/t19-,21-,22+,23-,24+;15-,18+,20+,21-,22+,23-;;;;;;;/m10......./s1. The molecule has 15 nitrogen and oxygen atoms in total. The van der Waals surface area contributed by atoms with E-state index in [1.54, 1.807) is 60.7 Å². The minimum atomic E-state index is -1.52. The van der Waals surface area contributed by atoms with Gasteiger partial charge in [-0.05, 0) is 110 Å². The SMILES string of the molecule is O=C(c1ccc(OC2CCCC2)cc1)c1cc([C@@H]2O[C@H](CO)[C@@H](O)[C@H](O)[C@H]2O)ccc1Cl.O=C(c1ccc(O[C@H]2CCOC2)cc1)c1cc([C@@H]2O[C@H](CO)[C@@H](O)[C@H](O)[C@H]2O)ccc1Cl.[I][V]([I])[I].[I][V][I]. The number of rotatable bonds is 12. The molecule has 0 spiro atoms. The number of benzene rings is 4. The molecule has 3 saturated heterocycles. The average Bonchev–Trinajstić information content (AvgIpc) is 4.09. The summed E-state index contributed by atoms with van der Waals surface area (Å²) in [5.41, 5.74) is 2.01. The van der Waals surface area contributed by atoms with Gasteiger partial charge in [-0.1, -0.05) is 35.3 Å². The Labute approximate surface area is 488 Å². The number of hydrogen-bond acceptors (Lipinski definition) is 15. The summed E-state index contributed by atoms with van der Waals surface area (Å²) in [6.45, 7) is 0.143. The first-order valence-corrected chi connectivity index (χ1v) is 45.3. The fourth-order valence-electron chi connectivity index (χ4n) is 8.22. The average molecular weight is 1660 g/mol. The van der Waals surface area contributed by atoms with Crippen LogP contribution >= 0.6 is 123 Å². The Morgan fingerprint density at radius 2 is 0.972 bits per heavy atom. The number of carbonyl (C=O) groups is 2. The van der Waals surface area contributed by atoms with E-state index in [0.717, 1.165) is 25.0 Å². The fraction of sp³-hybridized carbons (Fsp3) is 0.447. The number of aliphatic hydroxyl groups excluding tert-OH is 8. The van der Waals surface area contributed by atoms with Gasteiger partial charge in [-0.25, -0.2) is 0 Å². The van der Waals surface area contributed by atoms with Crippen molar-refractivity contribution in [3.8, 4) is 11.5 Å². The van der Waals surface area contributed by atoms with Crippen molar-refractivity contribution >= 4 is 135 Å². The molecule has 4 aromatic carbocycles. The summed E-state index contributed by atoms with van der Waals surface area (Å²) in [6.07, 6.45) is -7.55. The molecule has 24 heteroatoms. The van der Waals surface area contributed by atoms with Gasteiger partial charge in [-0.15, -0.1) is 0 Å². The molecule has 0 radical (unpaired) electrons. The van der Waals surface area contributed by atoms with E-state index in [-0.39, 0.29) is 49.9 Å². The zero-order chi connectivity index (χ0) is 51.9.